The van der Waals surface area contributed by atoms with Crippen LogP contribution in [0.15, 0.2) is 16.5 Å². The van der Waals surface area contributed by atoms with Gasteiger partial charge in [-0.25, -0.2) is 0 Å². The molecule has 3 rings (SSSR count). The second-order valence-electron chi connectivity index (χ2n) is 7.01. The van der Waals surface area contributed by atoms with Crippen molar-refractivity contribution < 1.29 is 4.42 Å². The van der Waals surface area contributed by atoms with Crippen molar-refractivity contribution in [2.24, 2.45) is 5.41 Å². The van der Waals surface area contributed by atoms with Gasteiger partial charge in [0, 0.05) is 6.04 Å². The summed E-state index contributed by atoms with van der Waals surface area (Å²) in [7, 11) is 0. The van der Waals surface area contributed by atoms with Crippen LogP contribution >= 0.6 is 0 Å². The van der Waals surface area contributed by atoms with Gasteiger partial charge in [0.1, 0.15) is 11.5 Å². The summed E-state index contributed by atoms with van der Waals surface area (Å²) in [5.41, 5.74) is 0.610. The molecule has 1 aliphatic heterocycles. The fourth-order valence-corrected chi connectivity index (χ4v) is 3.50. The van der Waals surface area contributed by atoms with Gasteiger partial charge in [0.05, 0.1) is 13.1 Å². The van der Waals surface area contributed by atoms with E-state index in [1.807, 2.05) is 0 Å². The van der Waals surface area contributed by atoms with Gasteiger partial charge >= 0.3 is 0 Å². The van der Waals surface area contributed by atoms with Crippen molar-refractivity contribution in [2.75, 3.05) is 13.1 Å². The lowest BCUT2D eigenvalue weighted by atomic mass is 9.74. The third-order valence-corrected chi connectivity index (χ3v) is 5.66. The first-order chi connectivity index (χ1) is 10.2. The van der Waals surface area contributed by atoms with Crippen LogP contribution in [0, 0.1) is 5.41 Å². The summed E-state index contributed by atoms with van der Waals surface area (Å²) in [6, 6.07) is 5.04. The summed E-state index contributed by atoms with van der Waals surface area (Å²) in [6.45, 7) is 9.01. The second kappa shape index (κ2) is 6.53. The van der Waals surface area contributed by atoms with E-state index in [0.29, 0.717) is 5.41 Å². The molecule has 0 amide bonds. The lowest BCUT2D eigenvalue weighted by Crippen LogP contribution is -2.39. The van der Waals surface area contributed by atoms with Gasteiger partial charge in [-0.2, -0.15) is 0 Å². The van der Waals surface area contributed by atoms with Crippen LogP contribution in [-0.2, 0) is 13.1 Å². The van der Waals surface area contributed by atoms with E-state index in [2.05, 4.69) is 36.2 Å². The maximum Gasteiger partial charge on any atom is 0.118 e. The largest absolute Gasteiger partial charge is 0.463 e. The summed E-state index contributed by atoms with van der Waals surface area (Å²) in [4.78, 5) is 2.56. The van der Waals surface area contributed by atoms with Crippen LogP contribution < -0.4 is 5.32 Å². The quantitative estimate of drug-likeness (QED) is 0.824. The van der Waals surface area contributed by atoms with E-state index in [0.717, 1.165) is 30.7 Å². The normalized spacial score (nSPS) is 22.6. The fourth-order valence-electron chi connectivity index (χ4n) is 3.50. The molecule has 0 aromatic carbocycles. The Kier molecular flexibility index (Phi) is 4.70. The Hall–Kier alpha value is -0.800. The van der Waals surface area contributed by atoms with E-state index in [1.54, 1.807) is 0 Å². The van der Waals surface area contributed by atoms with Crippen LogP contribution in [0.5, 0.6) is 0 Å². The molecule has 1 aromatic rings. The molecule has 2 heterocycles. The monoisotopic (exact) mass is 290 g/mol. The molecule has 118 valence electrons. The van der Waals surface area contributed by atoms with Gasteiger partial charge in [-0.1, -0.05) is 26.7 Å². The van der Waals surface area contributed by atoms with Crippen LogP contribution in [0.3, 0.4) is 0 Å². The Labute approximate surface area is 129 Å². The number of furan rings is 1. The molecule has 0 bridgehead atoms. The van der Waals surface area contributed by atoms with Gasteiger partial charge in [0.2, 0.25) is 0 Å². The first-order valence-corrected chi connectivity index (χ1v) is 8.76. The van der Waals surface area contributed by atoms with E-state index >= 15 is 0 Å². The molecule has 1 saturated carbocycles. The molecule has 2 aliphatic rings. The zero-order chi connectivity index (χ0) is 14.7. The highest BCUT2D eigenvalue weighted by molar-refractivity contribution is 5.07. The second-order valence-corrected chi connectivity index (χ2v) is 7.01. The molecule has 1 aromatic heterocycles. The zero-order valence-corrected chi connectivity index (χ0v) is 13.7. The zero-order valence-electron chi connectivity index (χ0n) is 13.7. The number of likely N-dealkylation sites (tertiary alicyclic amines) is 1. The van der Waals surface area contributed by atoms with Gasteiger partial charge in [-0.05, 0) is 56.3 Å². The number of piperidine rings is 1. The summed E-state index contributed by atoms with van der Waals surface area (Å²) in [6.07, 6.45) is 8.01. The van der Waals surface area contributed by atoms with Crippen molar-refractivity contribution in [3.63, 3.8) is 0 Å². The standard InChI is InChI=1S/C18H30N2O/c1-3-18(4-2)9-11-20(12-10-18)14-17-8-7-16(21-17)13-19-15-5-6-15/h7-8,15,19H,3-6,9-14H2,1-2H3. The number of nitrogens with one attached hydrogen (secondary N) is 1. The molecule has 1 aliphatic carbocycles. The smallest absolute Gasteiger partial charge is 0.118 e. The first kappa shape index (κ1) is 15.1. The van der Waals surface area contributed by atoms with E-state index < -0.39 is 0 Å². The summed E-state index contributed by atoms with van der Waals surface area (Å²) in [5.74, 6) is 2.22. The molecule has 21 heavy (non-hydrogen) atoms. The average Bonchev–Trinajstić information content (AvgIpc) is 3.26. The van der Waals surface area contributed by atoms with Crippen LogP contribution in [0.1, 0.15) is 63.9 Å². The van der Waals surface area contributed by atoms with Gasteiger partial charge < -0.3 is 9.73 Å². The van der Waals surface area contributed by atoms with Crippen molar-refractivity contribution in [1.82, 2.24) is 10.2 Å². The Morgan fingerprint density at radius 2 is 1.81 bits per heavy atom. The third kappa shape index (κ3) is 3.89. The molecular formula is C18H30N2O. The molecule has 2 fully saturated rings. The van der Waals surface area contributed by atoms with Gasteiger partial charge in [0.25, 0.3) is 0 Å². The predicted octanol–water partition coefficient (Wildman–Crippen LogP) is 3.93. The van der Waals surface area contributed by atoms with Crippen molar-refractivity contribution in [3.05, 3.63) is 23.7 Å². The maximum absolute atomic E-state index is 5.97. The van der Waals surface area contributed by atoms with Gasteiger partial charge in [-0.3, -0.25) is 4.90 Å². The van der Waals surface area contributed by atoms with Crippen molar-refractivity contribution in [2.45, 2.75) is 71.5 Å². The number of nitrogens with zero attached hydrogens (tertiary/aromatic N) is 1. The highest BCUT2D eigenvalue weighted by atomic mass is 16.3. The molecule has 0 atom stereocenters. The SMILES string of the molecule is CCC1(CC)CCN(Cc2ccc(CNC3CC3)o2)CC1. The first-order valence-electron chi connectivity index (χ1n) is 8.76. The number of hydrogen-bond acceptors (Lipinski definition) is 3. The van der Waals surface area contributed by atoms with Crippen LogP contribution in [-0.4, -0.2) is 24.0 Å². The Morgan fingerprint density at radius 1 is 1.14 bits per heavy atom. The minimum Gasteiger partial charge on any atom is -0.463 e. The molecule has 1 saturated heterocycles. The number of hydrogen-bond donors (Lipinski definition) is 1. The minimum atomic E-state index is 0.610. The molecule has 0 spiro atoms. The fraction of sp³-hybridized carbons (Fsp3) is 0.778. The highest BCUT2D eigenvalue weighted by Gasteiger charge is 2.31. The lowest BCUT2D eigenvalue weighted by Gasteiger charge is -2.40. The Morgan fingerprint density at radius 3 is 2.43 bits per heavy atom. The van der Waals surface area contributed by atoms with E-state index in [-0.39, 0.29) is 0 Å². The topological polar surface area (TPSA) is 28.4 Å². The van der Waals surface area contributed by atoms with E-state index in [9.17, 15) is 0 Å². The Balaban J connectivity index is 1.46. The maximum atomic E-state index is 5.97. The van der Waals surface area contributed by atoms with E-state index in [1.165, 1.54) is 51.6 Å². The average molecular weight is 290 g/mol. The molecule has 1 N–H and O–H groups in total. The summed E-state index contributed by atoms with van der Waals surface area (Å²) < 4.78 is 5.97. The molecule has 3 heteroatoms. The predicted molar refractivity (Wildman–Crippen MR) is 86.1 cm³/mol. The molecule has 3 nitrogen and oxygen atoms in total. The van der Waals surface area contributed by atoms with Crippen LogP contribution in [0.4, 0.5) is 0 Å². The van der Waals surface area contributed by atoms with Crippen molar-refractivity contribution in [3.8, 4) is 0 Å². The minimum absolute atomic E-state index is 0.610. The third-order valence-electron chi connectivity index (χ3n) is 5.66. The highest BCUT2D eigenvalue weighted by Crippen LogP contribution is 2.38. The molecule has 0 unspecified atom stereocenters. The van der Waals surface area contributed by atoms with E-state index in [4.69, 9.17) is 4.42 Å². The van der Waals surface area contributed by atoms with Gasteiger partial charge in [0.15, 0.2) is 0 Å². The van der Waals surface area contributed by atoms with Crippen molar-refractivity contribution >= 4 is 0 Å². The summed E-state index contributed by atoms with van der Waals surface area (Å²) >= 11 is 0. The van der Waals surface area contributed by atoms with Crippen LogP contribution in [0.2, 0.25) is 0 Å². The van der Waals surface area contributed by atoms with Gasteiger partial charge in [-0.15, -0.1) is 0 Å². The Bertz CT molecular complexity index is 436. The lowest BCUT2D eigenvalue weighted by molar-refractivity contribution is 0.0860. The van der Waals surface area contributed by atoms with Crippen molar-refractivity contribution in [1.29, 1.82) is 0 Å². The number of rotatable bonds is 7. The summed E-state index contributed by atoms with van der Waals surface area (Å²) in [5, 5.41) is 3.51. The molecular weight excluding hydrogens is 260 g/mol. The molecule has 0 radical (unpaired) electrons. The van der Waals surface area contributed by atoms with Crippen LogP contribution in [0.25, 0.3) is 0 Å².